The Hall–Kier alpha value is -4.24. The van der Waals surface area contributed by atoms with Crippen LogP contribution in [0.1, 0.15) is 36.7 Å². The number of rotatable bonds is 9. The summed E-state index contributed by atoms with van der Waals surface area (Å²) >= 11 is 12.7. The van der Waals surface area contributed by atoms with Gasteiger partial charge in [-0.05, 0) is 71.5 Å². The van der Waals surface area contributed by atoms with Crippen molar-refractivity contribution in [3.63, 3.8) is 0 Å². The van der Waals surface area contributed by atoms with Gasteiger partial charge in [-0.25, -0.2) is 14.0 Å². The van der Waals surface area contributed by atoms with Crippen molar-refractivity contribution in [1.29, 1.82) is 0 Å². The highest BCUT2D eigenvalue weighted by Crippen LogP contribution is 2.33. The molecule has 2 heterocycles. The van der Waals surface area contributed by atoms with Gasteiger partial charge in [0.25, 0.3) is 0 Å². The highest BCUT2D eigenvalue weighted by molar-refractivity contribution is 7.91. The number of anilines is 1. The van der Waals surface area contributed by atoms with Crippen LogP contribution in [0.2, 0.25) is 10.0 Å². The van der Waals surface area contributed by atoms with Gasteiger partial charge < -0.3 is 9.67 Å². The first-order valence-corrected chi connectivity index (χ1v) is 16.4. The molecule has 6 rings (SSSR count). The van der Waals surface area contributed by atoms with Gasteiger partial charge in [0, 0.05) is 28.9 Å². The monoisotopic (exact) mass is 644 g/mol. The van der Waals surface area contributed by atoms with Crippen LogP contribution in [0, 0.1) is 0 Å². The van der Waals surface area contributed by atoms with Gasteiger partial charge in [0.15, 0.2) is 0 Å². The highest BCUT2D eigenvalue weighted by Gasteiger charge is 2.29. The largest absolute Gasteiger partial charge is 0.493 e. The number of aryl methyl sites for hydroxylation is 1. The second kappa shape index (κ2) is 12.4. The van der Waals surface area contributed by atoms with Crippen molar-refractivity contribution < 1.29 is 13.5 Å². The van der Waals surface area contributed by atoms with Crippen LogP contribution < -0.4 is 9.03 Å². The molecule has 5 aromatic rings. The summed E-state index contributed by atoms with van der Waals surface area (Å²) in [6.45, 7) is 2.20. The first kappa shape index (κ1) is 29.8. The second-order valence-electron chi connectivity index (χ2n) is 10.6. The Morgan fingerprint density at radius 1 is 0.864 bits per heavy atom. The second-order valence-corrected chi connectivity index (χ2v) is 13.0. The Labute approximate surface area is 267 Å². The number of aromatic nitrogens is 2. The maximum absolute atomic E-state index is 12.5. The molecule has 224 valence electrons. The molecule has 1 aliphatic rings. The molecule has 1 aliphatic heterocycles. The lowest BCUT2D eigenvalue weighted by Crippen LogP contribution is -2.29. The first-order chi connectivity index (χ1) is 21.2. The van der Waals surface area contributed by atoms with Crippen LogP contribution in [0.25, 0.3) is 28.1 Å². The molecule has 44 heavy (non-hydrogen) atoms. The third kappa shape index (κ3) is 6.33. The summed E-state index contributed by atoms with van der Waals surface area (Å²) in [4.78, 5) is 4.96. The minimum Gasteiger partial charge on any atom is -0.493 e. The lowest BCUT2D eigenvalue weighted by Gasteiger charge is -2.16. The highest BCUT2D eigenvalue weighted by atomic mass is 35.5. The van der Waals surface area contributed by atoms with Crippen LogP contribution in [-0.4, -0.2) is 23.1 Å². The number of aliphatic hydroxyl groups is 1. The van der Waals surface area contributed by atoms with E-state index >= 15 is 0 Å². The summed E-state index contributed by atoms with van der Waals surface area (Å²) in [5, 5.41) is 10.8. The Kier molecular flexibility index (Phi) is 8.40. The summed E-state index contributed by atoms with van der Waals surface area (Å²) in [7, 11) is -3.94. The lowest BCUT2D eigenvalue weighted by molar-refractivity contribution is 0.392. The van der Waals surface area contributed by atoms with Crippen molar-refractivity contribution in [2.75, 3.05) is 4.31 Å². The van der Waals surface area contributed by atoms with Crippen LogP contribution in [0.15, 0.2) is 109 Å². The fourth-order valence-electron chi connectivity index (χ4n) is 5.22. The van der Waals surface area contributed by atoms with Gasteiger partial charge in [-0.15, -0.1) is 0 Å². The molecule has 0 bridgehead atoms. The van der Waals surface area contributed by atoms with E-state index in [1.807, 2.05) is 22.9 Å². The predicted octanol–water partition coefficient (Wildman–Crippen LogP) is 8.46. The minimum atomic E-state index is -3.94. The number of hydrogen-bond donors (Lipinski definition) is 2. The Morgan fingerprint density at radius 2 is 1.55 bits per heavy atom. The van der Waals surface area contributed by atoms with E-state index < -0.39 is 16.1 Å². The van der Waals surface area contributed by atoms with Crippen molar-refractivity contribution in [1.82, 2.24) is 14.3 Å². The number of hydrogen-bond acceptors (Lipinski definition) is 4. The van der Waals surface area contributed by atoms with Crippen LogP contribution in [0.3, 0.4) is 0 Å². The number of aliphatic hydroxyl groups excluding tert-OH is 1. The Morgan fingerprint density at radius 3 is 2.18 bits per heavy atom. The van der Waals surface area contributed by atoms with E-state index in [9.17, 15) is 13.5 Å². The zero-order valence-corrected chi connectivity index (χ0v) is 26.2. The number of benzene rings is 4. The number of nitrogens with zero attached hydrogens (tertiary/aromatic N) is 3. The molecule has 7 nitrogen and oxygen atoms in total. The molecule has 0 saturated carbocycles. The van der Waals surface area contributed by atoms with E-state index in [1.165, 1.54) is 24.0 Å². The van der Waals surface area contributed by atoms with Crippen LogP contribution in [0.5, 0.6) is 0 Å². The molecular formula is C34H30Cl2N4O3S. The SMILES string of the molecule is CCCCc1ccc(-c2ccc(Cc3nc(-c4ccc(Cl)cc4Cl)cn3-c3cccc(N4C=C(O)NS4(=O)=O)c3)cc2)cc1. The van der Waals surface area contributed by atoms with Gasteiger partial charge in [-0.2, -0.15) is 8.42 Å². The van der Waals surface area contributed by atoms with Gasteiger partial charge in [0.2, 0.25) is 5.88 Å². The van der Waals surface area contributed by atoms with Crippen molar-refractivity contribution in [2.24, 2.45) is 0 Å². The Balaban J connectivity index is 1.34. The topological polar surface area (TPSA) is 87.5 Å². The van der Waals surface area contributed by atoms with Crippen LogP contribution in [0.4, 0.5) is 5.69 Å². The number of halogens is 2. The summed E-state index contributed by atoms with van der Waals surface area (Å²) in [6.07, 6.45) is 6.98. The molecule has 1 aromatic heterocycles. The fourth-order valence-corrected chi connectivity index (χ4v) is 6.77. The zero-order valence-electron chi connectivity index (χ0n) is 23.9. The fraction of sp³-hybridized carbons (Fsp3) is 0.147. The van der Waals surface area contributed by atoms with E-state index in [2.05, 4.69) is 60.2 Å². The molecule has 0 saturated heterocycles. The Bertz CT molecular complexity index is 1950. The van der Waals surface area contributed by atoms with Crippen molar-refractivity contribution in [2.45, 2.75) is 32.6 Å². The average Bonchev–Trinajstić information content (AvgIpc) is 3.55. The molecule has 0 fully saturated rings. The first-order valence-electron chi connectivity index (χ1n) is 14.3. The summed E-state index contributed by atoms with van der Waals surface area (Å²) in [5.41, 5.74) is 7.14. The van der Waals surface area contributed by atoms with E-state index in [4.69, 9.17) is 28.2 Å². The predicted molar refractivity (Wildman–Crippen MR) is 178 cm³/mol. The standard InChI is InChI=1S/C34H30Cl2N4O3S/c1-2-3-5-23-8-12-25(13-9-23)26-14-10-24(11-15-26)18-33-37-32(30-17-16-27(35)19-31(30)36)21-39(33)28-6-4-7-29(20-28)40-22-34(41)38-44(40,42)43/h4,6-17,19-22,38,41H,2-3,5,18H2,1H3. The molecule has 0 spiro atoms. The summed E-state index contributed by atoms with van der Waals surface area (Å²) < 4.78 is 30.1. The number of imidazole rings is 1. The van der Waals surface area contributed by atoms with Crippen molar-refractivity contribution >= 4 is 39.1 Å². The molecule has 0 atom stereocenters. The van der Waals surface area contributed by atoms with E-state index in [0.717, 1.165) is 39.4 Å². The zero-order chi connectivity index (χ0) is 30.8. The molecule has 2 N–H and O–H groups in total. The molecule has 0 unspecified atom stereocenters. The molecular weight excluding hydrogens is 615 g/mol. The minimum absolute atomic E-state index is 0.356. The van der Waals surface area contributed by atoms with E-state index in [-0.39, 0.29) is 0 Å². The lowest BCUT2D eigenvalue weighted by atomic mass is 10.00. The normalized spacial score (nSPS) is 14.0. The van der Waals surface area contributed by atoms with Gasteiger partial charge >= 0.3 is 10.2 Å². The maximum Gasteiger partial charge on any atom is 0.330 e. The number of nitrogens with one attached hydrogen (secondary N) is 1. The molecule has 0 radical (unpaired) electrons. The quantitative estimate of drug-likeness (QED) is 0.168. The summed E-state index contributed by atoms with van der Waals surface area (Å²) in [6, 6.07) is 29.5. The third-order valence-corrected chi connectivity index (χ3v) is 9.35. The molecule has 0 amide bonds. The number of unbranched alkanes of at least 4 members (excludes halogenated alkanes) is 1. The van der Waals surface area contributed by atoms with E-state index in [0.29, 0.717) is 33.5 Å². The van der Waals surface area contributed by atoms with Gasteiger partial charge in [-0.1, -0.05) is 91.1 Å². The van der Waals surface area contributed by atoms with Crippen LogP contribution in [-0.2, 0) is 23.1 Å². The molecule has 10 heteroatoms. The average molecular weight is 646 g/mol. The smallest absolute Gasteiger partial charge is 0.330 e. The van der Waals surface area contributed by atoms with Crippen LogP contribution >= 0.6 is 23.2 Å². The van der Waals surface area contributed by atoms with Gasteiger partial charge in [-0.3, -0.25) is 0 Å². The molecule has 0 aliphatic carbocycles. The van der Waals surface area contributed by atoms with Gasteiger partial charge in [0.05, 0.1) is 22.6 Å². The van der Waals surface area contributed by atoms with Crippen molar-refractivity contribution in [3.8, 4) is 28.1 Å². The van der Waals surface area contributed by atoms with E-state index in [1.54, 1.807) is 30.3 Å². The third-order valence-electron chi connectivity index (χ3n) is 7.50. The summed E-state index contributed by atoms with van der Waals surface area (Å²) in [5.74, 6) is 0.284. The van der Waals surface area contributed by atoms with Crippen molar-refractivity contribution in [3.05, 3.63) is 136 Å². The molecule has 4 aromatic carbocycles. The van der Waals surface area contributed by atoms with Gasteiger partial charge in [0.1, 0.15) is 5.82 Å². The maximum atomic E-state index is 12.5.